The summed E-state index contributed by atoms with van der Waals surface area (Å²) in [7, 11) is 0. The summed E-state index contributed by atoms with van der Waals surface area (Å²) in [6, 6.07) is 0. The van der Waals surface area contributed by atoms with Gasteiger partial charge in [0.25, 0.3) is 5.91 Å². The standard InChI is InChI=1S/C11H17N3O2S/c1-6-11(17-7(2)13-6)14-10(15)9-4-3-8(5-12)16-9/h8-9H,3-5,12H2,1-2H3,(H,14,15)/t8-,9+/m1/s1. The minimum atomic E-state index is -0.370. The molecular weight excluding hydrogens is 238 g/mol. The number of nitrogens with zero attached hydrogens (tertiary/aromatic N) is 1. The number of aryl methyl sites for hydroxylation is 2. The molecule has 0 radical (unpaired) electrons. The van der Waals surface area contributed by atoms with E-state index in [9.17, 15) is 4.79 Å². The number of ether oxygens (including phenoxy) is 1. The quantitative estimate of drug-likeness (QED) is 0.851. The Kier molecular flexibility index (Phi) is 3.76. The van der Waals surface area contributed by atoms with Crippen molar-refractivity contribution in [2.45, 2.75) is 38.9 Å². The van der Waals surface area contributed by atoms with Gasteiger partial charge in [0.05, 0.1) is 16.8 Å². The van der Waals surface area contributed by atoms with Crippen LogP contribution in [0, 0.1) is 13.8 Å². The lowest BCUT2D eigenvalue weighted by atomic mass is 10.2. The molecule has 0 aromatic carbocycles. The van der Waals surface area contributed by atoms with Gasteiger partial charge in [0.2, 0.25) is 0 Å². The van der Waals surface area contributed by atoms with Crippen LogP contribution in [0.2, 0.25) is 0 Å². The van der Waals surface area contributed by atoms with Crippen LogP contribution in [0.25, 0.3) is 0 Å². The summed E-state index contributed by atoms with van der Waals surface area (Å²) in [6.07, 6.45) is 1.25. The van der Waals surface area contributed by atoms with Gasteiger partial charge >= 0.3 is 0 Å². The van der Waals surface area contributed by atoms with Crippen molar-refractivity contribution in [1.29, 1.82) is 0 Å². The first kappa shape index (κ1) is 12.5. The molecule has 1 aromatic heterocycles. The zero-order valence-corrected chi connectivity index (χ0v) is 10.8. The van der Waals surface area contributed by atoms with Gasteiger partial charge < -0.3 is 15.8 Å². The van der Waals surface area contributed by atoms with Crippen molar-refractivity contribution in [3.05, 3.63) is 10.7 Å². The van der Waals surface area contributed by atoms with Gasteiger partial charge in [-0.25, -0.2) is 4.98 Å². The normalized spacial score (nSPS) is 23.9. The average Bonchev–Trinajstić information content (AvgIpc) is 2.86. The summed E-state index contributed by atoms with van der Waals surface area (Å²) in [4.78, 5) is 16.2. The summed E-state index contributed by atoms with van der Waals surface area (Å²) >= 11 is 1.48. The Bertz CT molecular complexity index is 419. The van der Waals surface area contributed by atoms with Crippen molar-refractivity contribution in [2.24, 2.45) is 5.73 Å². The molecule has 1 aliphatic rings. The maximum Gasteiger partial charge on any atom is 0.254 e. The molecule has 2 atom stereocenters. The molecule has 3 N–H and O–H groups in total. The molecule has 0 unspecified atom stereocenters. The SMILES string of the molecule is Cc1nc(C)c(NC(=O)[C@@H]2CC[C@H](CN)O2)s1. The van der Waals surface area contributed by atoms with Crippen LogP contribution in [-0.2, 0) is 9.53 Å². The number of nitrogens with one attached hydrogen (secondary N) is 1. The highest BCUT2D eigenvalue weighted by atomic mass is 32.1. The van der Waals surface area contributed by atoms with E-state index >= 15 is 0 Å². The topological polar surface area (TPSA) is 77.2 Å². The molecule has 17 heavy (non-hydrogen) atoms. The fraction of sp³-hybridized carbons (Fsp3) is 0.636. The molecule has 1 amide bonds. The van der Waals surface area contributed by atoms with E-state index in [2.05, 4.69) is 10.3 Å². The summed E-state index contributed by atoms with van der Waals surface area (Å²) in [5, 5.41) is 4.63. The molecule has 2 heterocycles. The minimum Gasteiger partial charge on any atom is -0.364 e. The van der Waals surface area contributed by atoms with E-state index in [0.717, 1.165) is 28.5 Å². The van der Waals surface area contributed by atoms with E-state index in [1.54, 1.807) is 0 Å². The Morgan fingerprint density at radius 1 is 1.59 bits per heavy atom. The summed E-state index contributed by atoms with van der Waals surface area (Å²) in [6.45, 7) is 4.28. The second-order valence-electron chi connectivity index (χ2n) is 4.20. The van der Waals surface area contributed by atoms with Crippen LogP contribution in [0.5, 0.6) is 0 Å². The van der Waals surface area contributed by atoms with E-state index in [1.807, 2.05) is 13.8 Å². The minimum absolute atomic E-state index is 0.0232. The van der Waals surface area contributed by atoms with E-state index in [0.29, 0.717) is 6.54 Å². The molecule has 1 fully saturated rings. The number of rotatable bonds is 3. The Hall–Kier alpha value is -0.980. The van der Waals surface area contributed by atoms with Crippen LogP contribution in [0.4, 0.5) is 5.00 Å². The molecule has 5 nitrogen and oxygen atoms in total. The van der Waals surface area contributed by atoms with Gasteiger partial charge in [-0.1, -0.05) is 0 Å². The van der Waals surface area contributed by atoms with Crippen LogP contribution in [-0.4, -0.2) is 29.6 Å². The molecule has 6 heteroatoms. The lowest BCUT2D eigenvalue weighted by Crippen LogP contribution is -2.29. The highest BCUT2D eigenvalue weighted by molar-refractivity contribution is 7.16. The molecule has 2 rings (SSSR count). The number of amides is 1. The van der Waals surface area contributed by atoms with Crippen molar-refractivity contribution in [3.63, 3.8) is 0 Å². The number of carbonyl (C=O) groups is 1. The number of thiazole rings is 1. The molecule has 1 saturated heterocycles. The first-order chi connectivity index (χ1) is 8.10. The third-order valence-electron chi connectivity index (χ3n) is 2.80. The number of hydrogen-bond acceptors (Lipinski definition) is 5. The largest absolute Gasteiger partial charge is 0.364 e. The van der Waals surface area contributed by atoms with Crippen LogP contribution >= 0.6 is 11.3 Å². The lowest BCUT2D eigenvalue weighted by Gasteiger charge is -2.11. The van der Waals surface area contributed by atoms with Gasteiger partial charge in [-0.05, 0) is 26.7 Å². The zero-order valence-electron chi connectivity index (χ0n) is 10.0. The molecule has 0 spiro atoms. The van der Waals surface area contributed by atoms with Crippen LogP contribution in [0.3, 0.4) is 0 Å². The van der Waals surface area contributed by atoms with E-state index in [-0.39, 0.29) is 18.1 Å². The number of aromatic nitrogens is 1. The van der Waals surface area contributed by atoms with Crippen molar-refractivity contribution in [2.75, 3.05) is 11.9 Å². The van der Waals surface area contributed by atoms with Gasteiger partial charge in [0.15, 0.2) is 0 Å². The predicted molar refractivity (Wildman–Crippen MR) is 67.2 cm³/mol. The summed E-state index contributed by atoms with van der Waals surface area (Å²) in [5.74, 6) is -0.0901. The maximum atomic E-state index is 11.9. The third kappa shape index (κ3) is 2.83. The highest BCUT2D eigenvalue weighted by Crippen LogP contribution is 2.25. The Labute approximate surface area is 104 Å². The van der Waals surface area contributed by atoms with Gasteiger partial charge in [-0.15, -0.1) is 11.3 Å². The van der Waals surface area contributed by atoms with Crippen LogP contribution in [0.15, 0.2) is 0 Å². The molecular formula is C11H17N3O2S. The number of hydrogen-bond donors (Lipinski definition) is 2. The predicted octanol–water partition coefficient (Wildman–Crippen LogP) is 1.20. The van der Waals surface area contributed by atoms with Crippen molar-refractivity contribution in [1.82, 2.24) is 4.98 Å². The molecule has 1 aromatic rings. The molecule has 94 valence electrons. The van der Waals surface area contributed by atoms with Crippen LogP contribution < -0.4 is 11.1 Å². The smallest absolute Gasteiger partial charge is 0.254 e. The second-order valence-corrected chi connectivity index (χ2v) is 5.40. The zero-order chi connectivity index (χ0) is 12.4. The Morgan fingerprint density at radius 2 is 2.35 bits per heavy atom. The number of carbonyl (C=O) groups excluding carboxylic acids is 1. The molecule has 0 aliphatic carbocycles. The van der Waals surface area contributed by atoms with Gasteiger partial charge in [-0.2, -0.15) is 0 Å². The summed E-state index contributed by atoms with van der Waals surface area (Å²) in [5.41, 5.74) is 6.37. The van der Waals surface area contributed by atoms with E-state index < -0.39 is 0 Å². The second kappa shape index (κ2) is 5.12. The Balaban J connectivity index is 1.96. The fourth-order valence-corrected chi connectivity index (χ4v) is 2.73. The van der Waals surface area contributed by atoms with Crippen molar-refractivity contribution in [3.8, 4) is 0 Å². The molecule has 0 bridgehead atoms. The van der Waals surface area contributed by atoms with Gasteiger partial charge in [0.1, 0.15) is 11.1 Å². The number of nitrogens with two attached hydrogens (primary N) is 1. The first-order valence-corrected chi connectivity index (χ1v) is 6.52. The number of anilines is 1. The monoisotopic (exact) mass is 255 g/mol. The third-order valence-corrected chi connectivity index (χ3v) is 3.79. The average molecular weight is 255 g/mol. The highest BCUT2D eigenvalue weighted by Gasteiger charge is 2.30. The van der Waals surface area contributed by atoms with E-state index in [4.69, 9.17) is 10.5 Å². The Morgan fingerprint density at radius 3 is 2.88 bits per heavy atom. The summed E-state index contributed by atoms with van der Waals surface area (Å²) < 4.78 is 5.54. The van der Waals surface area contributed by atoms with Crippen LogP contribution in [0.1, 0.15) is 23.5 Å². The van der Waals surface area contributed by atoms with Gasteiger partial charge in [0, 0.05) is 6.54 Å². The molecule has 0 saturated carbocycles. The lowest BCUT2D eigenvalue weighted by molar-refractivity contribution is -0.126. The first-order valence-electron chi connectivity index (χ1n) is 5.70. The molecule has 1 aliphatic heterocycles. The maximum absolute atomic E-state index is 11.9. The van der Waals surface area contributed by atoms with Gasteiger partial charge in [-0.3, -0.25) is 4.79 Å². The van der Waals surface area contributed by atoms with E-state index in [1.165, 1.54) is 11.3 Å². The van der Waals surface area contributed by atoms with Crippen molar-refractivity contribution >= 4 is 22.2 Å². The van der Waals surface area contributed by atoms with Crippen molar-refractivity contribution < 1.29 is 9.53 Å². The fourth-order valence-electron chi connectivity index (χ4n) is 1.91.